The molecule has 0 spiro atoms. The zero-order valence-corrected chi connectivity index (χ0v) is 20.7. The maximum absolute atomic E-state index is 3.80. The van der Waals surface area contributed by atoms with Crippen LogP contribution >= 0.6 is 0 Å². The Labute approximate surface area is 199 Å². The van der Waals surface area contributed by atoms with Crippen LogP contribution in [0.2, 0.25) is 0 Å². The zero-order valence-electron chi connectivity index (χ0n) is 20.7. The van der Waals surface area contributed by atoms with E-state index in [1.807, 2.05) is 0 Å². The Morgan fingerprint density at radius 3 is 1.30 bits per heavy atom. The molecule has 0 aromatic heterocycles. The van der Waals surface area contributed by atoms with Gasteiger partial charge in [-0.05, 0) is 57.3 Å². The van der Waals surface area contributed by atoms with Crippen molar-refractivity contribution in [1.82, 2.24) is 0 Å². The van der Waals surface area contributed by atoms with E-state index in [0.717, 1.165) is 11.4 Å². The van der Waals surface area contributed by atoms with E-state index < -0.39 is 0 Å². The van der Waals surface area contributed by atoms with Gasteiger partial charge in [0.05, 0.1) is 5.69 Å². The van der Waals surface area contributed by atoms with Gasteiger partial charge in [0.1, 0.15) is 0 Å². The summed E-state index contributed by atoms with van der Waals surface area (Å²) in [6, 6.07) is 35.0. The quantitative estimate of drug-likeness (QED) is 0.338. The molecule has 0 aliphatic heterocycles. The number of anilines is 2. The van der Waals surface area contributed by atoms with Crippen LogP contribution in [0.3, 0.4) is 0 Å². The fourth-order valence-electron chi connectivity index (χ4n) is 4.10. The van der Waals surface area contributed by atoms with Crippen molar-refractivity contribution in [3.8, 4) is 22.3 Å². The highest BCUT2D eigenvalue weighted by molar-refractivity contribution is 5.93. The minimum atomic E-state index is 0.0416. The Balaban J connectivity index is 1.93. The van der Waals surface area contributed by atoms with Gasteiger partial charge in [0.2, 0.25) is 0 Å². The van der Waals surface area contributed by atoms with Gasteiger partial charge in [0, 0.05) is 16.8 Å². The van der Waals surface area contributed by atoms with Crippen molar-refractivity contribution < 1.29 is 0 Å². The van der Waals surface area contributed by atoms with E-state index in [2.05, 4.69) is 144 Å². The summed E-state index contributed by atoms with van der Waals surface area (Å²) in [5.74, 6) is 0. The van der Waals surface area contributed by atoms with E-state index in [1.54, 1.807) is 0 Å². The fraction of sp³-hybridized carbons (Fsp3) is 0.250. The normalized spacial score (nSPS) is 11.9. The van der Waals surface area contributed by atoms with Crippen LogP contribution in [0.5, 0.6) is 0 Å². The molecule has 0 bridgehead atoms. The average Bonchev–Trinajstić information content (AvgIpc) is 2.79. The van der Waals surface area contributed by atoms with Crippen LogP contribution in [0.15, 0.2) is 97.1 Å². The van der Waals surface area contributed by atoms with E-state index in [9.17, 15) is 0 Å². The fourth-order valence-corrected chi connectivity index (χ4v) is 4.10. The molecule has 168 valence electrons. The monoisotopic (exact) mass is 433 g/mol. The lowest BCUT2D eigenvalue weighted by Gasteiger charge is -2.25. The van der Waals surface area contributed by atoms with Gasteiger partial charge in [-0.25, -0.2) is 0 Å². The first-order valence-corrected chi connectivity index (χ1v) is 11.8. The summed E-state index contributed by atoms with van der Waals surface area (Å²) in [7, 11) is 0. The van der Waals surface area contributed by atoms with Crippen molar-refractivity contribution in [3.05, 3.63) is 108 Å². The maximum Gasteiger partial charge on any atom is 0.0543 e. The average molecular weight is 434 g/mol. The lowest BCUT2D eigenvalue weighted by atomic mass is 9.82. The van der Waals surface area contributed by atoms with Crippen LogP contribution in [0.4, 0.5) is 11.4 Å². The second kappa shape index (κ2) is 8.90. The summed E-state index contributed by atoms with van der Waals surface area (Å²) in [5.41, 5.74) is 9.96. The van der Waals surface area contributed by atoms with Gasteiger partial charge in [-0.1, -0.05) is 114 Å². The smallest absolute Gasteiger partial charge is 0.0543 e. The Morgan fingerprint density at radius 1 is 0.485 bits per heavy atom. The number of nitrogens with one attached hydrogen (secondary N) is 1. The van der Waals surface area contributed by atoms with Gasteiger partial charge in [0.25, 0.3) is 0 Å². The molecule has 0 unspecified atom stereocenters. The van der Waals surface area contributed by atoms with E-state index in [4.69, 9.17) is 0 Å². The second-order valence-electron chi connectivity index (χ2n) is 10.9. The highest BCUT2D eigenvalue weighted by atomic mass is 14.9. The van der Waals surface area contributed by atoms with Gasteiger partial charge in [-0.2, -0.15) is 0 Å². The highest BCUT2D eigenvalue weighted by Crippen LogP contribution is 2.42. The van der Waals surface area contributed by atoms with Crippen molar-refractivity contribution in [2.75, 3.05) is 5.32 Å². The van der Waals surface area contributed by atoms with Gasteiger partial charge in [0.15, 0.2) is 0 Å². The number of hydrogen-bond acceptors (Lipinski definition) is 1. The van der Waals surface area contributed by atoms with Gasteiger partial charge in [-0.15, -0.1) is 0 Å². The number of benzene rings is 4. The molecular weight excluding hydrogens is 398 g/mol. The minimum absolute atomic E-state index is 0.0416. The van der Waals surface area contributed by atoms with Gasteiger partial charge < -0.3 is 5.32 Å². The summed E-state index contributed by atoms with van der Waals surface area (Å²) in [4.78, 5) is 0. The molecule has 4 rings (SSSR count). The molecule has 0 heterocycles. The molecule has 1 heteroatoms. The van der Waals surface area contributed by atoms with Crippen LogP contribution in [0.25, 0.3) is 22.3 Å². The Morgan fingerprint density at radius 2 is 0.909 bits per heavy atom. The summed E-state index contributed by atoms with van der Waals surface area (Å²) in [6.45, 7) is 13.6. The molecule has 4 aromatic rings. The zero-order chi connectivity index (χ0) is 23.6. The lowest BCUT2D eigenvalue weighted by molar-refractivity contribution is 0.590. The highest BCUT2D eigenvalue weighted by Gasteiger charge is 2.21. The van der Waals surface area contributed by atoms with Gasteiger partial charge >= 0.3 is 0 Å². The third-order valence-electron chi connectivity index (χ3n) is 6.19. The first kappa shape index (κ1) is 22.9. The third kappa shape index (κ3) is 5.20. The van der Waals surface area contributed by atoms with E-state index >= 15 is 0 Å². The van der Waals surface area contributed by atoms with Crippen molar-refractivity contribution in [2.24, 2.45) is 0 Å². The lowest BCUT2D eigenvalue weighted by Crippen LogP contribution is -2.12. The molecule has 0 aliphatic rings. The summed E-state index contributed by atoms with van der Waals surface area (Å²) >= 11 is 0. The molecular formula is C32H35N. The predicted molar refractivity (Wildman–Crippen MR) is 144 cm³/mol. The van der Waals surface area contributed by atoms with Crippen LogP contribution in [0.1, 0.15) is 52.7 Å². The summed E-state index contributed by atoms with van der Waals surface area (Å²) in [6.07, 6.45) is 0. The van der Waals surface area contributed by atoms with E-state index in [0.29, 0.717) is 0 Å². The maximum atomic E-state index is 3.80. The molecule has 33 heavy (non-hydrogen) atoms. The van der Waals surface area contributed by atoms with Crippen LogP contribution in [-0.4, -0.2) is 0 Å². The number of rotatable bonds is 4. The first-order valence-electron chi connectivity index (χ1n) is 11.8. The minimum Gasteiger partial charge on any atom is -0.355 e. The molecule has 0 saturated heterocycles. The second-order valence-corrected chi connectivity index (χ2v) is 10.9. The summed E-state index contributed by atoms with van der Waals surface area (Å²) in [5, 5.41) is 3.80. The summed E-state index contributed by atoms with van der Waals surface area (Å²) < 4.78 is 0. The first-order chi connectivity index (χ1) is 15.6. The molecule has 0 saturated carbocycles. The SMILES string of the molecule is CC(C)(C)c1ccc(Nc2c(-c3ccccc3)cc(C(C)(C)C)cc2-c2ccccc2)cc1. The van der Waals surface area contributed by atoms with Crippen LogP contribution < -0.4 is 5.32 Å². The molecule has 1 N–H and O–H groups in total. The Bertz CT molecular complexity index is 1150. The molecule has 0 fully saturated rings. The Kier molecular flexibility index (Phi) is 6.17. The molecule has 0 radical (unpaired) electrons. The molecule has 4 aromatic carbocycles. The van der Waals surface area contributed by atoms with Crippen molar-refractivity contribution >= 4 is 11.4 Å². The molecule has 1 nitrogen and oxygen atoms in total. The van der Waals surface area contributed by atoms with Crippen molar-refractivity contribution in [3.63, 3.8) is 0 Å². The standard InChI is InChI=1S/C32H35N/c1-31(2,3)25-17-19-27(20-18-25)33-30-28(23-13-9-7-10-14-23)21-26(32(4,5)6)22-29(30)24-15-11-8-12-16-24/h7-22,33H,1-6H3. The van der Waals surface area contributed by atoms with E-state index in [1.165, 1.54) is 33.4 Å². The van der Waals surface area contributed by atoms with Crippen LogP contribution in [0, 0.1) is 0 Å². The van der Waals surface area contributed by atoms with Crippen molar-refractivity contribution in [1.29, 1.82) is 0 Å². The van der Waals surface area contributed by atoms with Gasteiger partial charge in [-0.3, -0.25) is 0 Å². The molecule has 0 amide bonds. The Hall–Kier alpha value is -3.32. The molecule has 0 aliphatic carbocycles. The van der Waals surface area contributed by atoms with E-state index in [-0.39, 0.29) is 10.8 Å². The third-order valence-corrected chi connectivity index (χ3v) is 6.19. The largest absolute Gasteiger partial charge is 0.355 e. The molecule has 0 atom stereocenters. The topological polar surface area (TPSA) is 12.0 Å². The van der Waals surface area contributed by atoms with Crippen molar-refractivity contribution in [2.45, 2.75) is 52.4 Å². The number of hydrogen-bond donors (Lipinski definition) is 1. The predicted octanol–water partition coefficient (Wildman–Crippen LogP) is 9.36. The van der Waals surface area contributed by atoms with Crippen LogP contribution in [-0.2, 0) is 10.8 Å².